The van der Waals surface area contributed by atoms with Crippen molar-refractivity contribution in [1.82, 2.24) is 10.6 Å². The fourth-order valence-electron chi connectivity index (χ4n) is 5.90. The number of halogens is 2. The van der Waals surface area contributed by atoms with Crippen LogP contribution in [0.5, 0.6) is 0 Å². The highest BCUT2D eigenvalue weighted by Gasteiger charge is 2.22. The Kier molecular flexibility index (Phi) is 18.7. The van der Waals surface area contributed by atoms with Crippen LogP contribution >= 0.6 is 23.2 Å². The first-order valence-corrected chi connectivity index (χ1v) is 19.1. The van der Waals surface area contributed by atoms with Gasteiger partial charge in [-0.1, -0.05) is 110 Å². The minimum atomic E-state index is -1.14. The van der Waals surface area contributed by atoms with Crippen LogP contribution in [-0.2, 0) is 36.7 Å². The number of nitrogens with one attached hydrogen (secondary N) is 2. The second-order valence-electron chi connectivity index (χ2n) is 13.3. The summed E-state index contributed by atoms with van der Waals surface area (Å²) in [6.45, 7) is 7.35. The predicted octanol–water partition coefficient (Wildman–Crippen LogP) is 8.36. The lowest BCUT2D eigenvalue weighted by molar-refractivity contribution is -0.148. The van der Waals surface area contributed by atoms with Gasteiger partial charge >= 0.3 is 23.9 Å². The lowest BCUT2D eigenvalue weighted by atomic mass is 9.95. The van der Waals surface area contributed by atoms with Gasteiger partial charge < -0.3 is 30.9 Å². The molecule has 12 heteroatoms. The van der Waals surface area contributed by atoms with Crippen LogP contribution < -0.4 is 16.4 Å². The molecule has 4 aromatic rings. The summed E-state index contributed by atoms with van der Waals surface area (Å²) in [6, 6.07) is 30.4. The molecule has 0 aromatic heterocycles. The number of carboxylic acid groups (broad SMARTS) is 1. The van der Waals surface area contributed by atoms with Crippen LogP contribution in [0, 0.1) is 11.8 Å². The molecule has 0 aliphatic rings. The van der Waals surface area contributed by atoms with Gasteiger partial charge in [-0.25, -0.2) is 4.79 Å². The number of carboxylic acids is 1. The SMILES string of the molecule is CCOC(=O)C(C)C[C@H](N)Cc1ccc(-c2cccc(Cl)c2)cc1.CCOC(=O)[C@H](C)C[C@@H](Cc1ccc(-c2cccc(Cl)c2)cc1)NC(=O)NCC(=O)O. The minimum absolute atomic E-state index is 0.0681. The number of aliphatic carboxylic acids is 1. The van der Waals surface area contributed by atoms with Crippen LogP contribution in [-0.4, -0.2) is 60.9 Å². The predicted molar refractivity (Wildman–Crippen MR) is 218 cm³/mol. The van der Waals surface area contributed by atoms with Gasteiger partial charge in [-0.05, 0) is 97.2 Å². The van der Waals surface area contributed by atoms with Gasteiger partial charge in [-0.15, -0.1) is 0 Å². The van der Waals surface area contributed by atoms with Gasteiger partial charge in [0.1, 0.15) is 6.54 Å². The highest BCUT2D eigenvalue weighted by molar-refractivity contribution is 6.31. The largest absolute Gasteiger partial charge is 0.480 e. The molecule has 0 aliphatic carbocycles. The standard InChI is InChI=1S/C23H27ClN2O5.C20H24ClNO2/c1-3-31-22(29)15(2)11-20(26-23(30)25-14-21(27)28)12-16-7-9-17(10-8-16)18-5-4-6-19(24)13-18;1-3-24-20(23)14(2)11-19(22)12-15-7-9-16(10-8-15)17-5-4-6-18(21)13-17/h4-10,13,15,20H,3,11-12,14H2,1-2H3,(H,27,28)(H2,25,26,30);4-10,13-14,19H,3,11-12,22H2,1-2H3/t15-,20+;14?,19-/m10/s1. The van der Waals surface area contributed by atoms with Gasteiger partial charge in [0.15, 0.2) is 0 Å². The number of nitrogens with two attached hydrogens (primary N) is 1. The Bertz CT molecular complexity index is 1840. The third-order valence-corrected chi connectivity index (χ3v) is 9.08. The molecule has 0 saturated carbocycles. The minimum Gasteiger partial charge on any atom is -0.480 e. The quantitative estimate of drug-likeness (QED) is 0.0778. The number of carbonyl (C=O) groups is 4. The van der Waals surface area contributed by atoms with Gasteiger partial charge in [0, 0.05) is 22.1 Å². The van der Waals surface area contributed by atoms with Gasteiger partial charge in [-0.3, -0.25) is 14.4 Å². The Labute approximate surface area is 333 Å². The maximum atomic E-state index is 12.1. The fraction of sp³-hybridized carbons (Fsp3) is 0.349. The summed E-state index contributed by atoms with van der Waals surface area (Å²) in [7, 11) is 0. The zero-order valence-electron chi connectivity index (χ0n) is 31.7. The van der Waals surface area contributed by atoms with Crippen molar-refractivity contribution in [3.05, 3.63) is 118 Å². The molecule has 0 fully saturated rings. The van der Waals surface area contributed by atoms with Crippen molar-refractivity contribution in [3.8, 4) is 22.3 Å². The number of hydrogen-bond donors (Lipinski definition) is 4. The second-order valence-corrected chi connectivity index (χ2v) is 14.2. The molecule has 0 saturated heterocycles. The third kappa shape index (κ3) is 16.2. The van der Waals surface area contributed by atoms with E-state index in [-0.39, 0.29) is 36.5 Å². The first kappa shape index (κ1) is 44.5. The average molecular weight is 793 g/mol. The first-order chi connectivity index (χ1) is 26.3. The van der Waals surface area contributed by atoms with Gasteiger partial charge in [0.05, 0.1) is 25.0 Å². The van der Waals surface area contributed by atoms with E-state index < -0.39 is 24.5 Å². The number of ether oxygens (including phenoxy) is 2. The Morgan fingerprint density at radius 3 is 1.56 bits per heavy atom. The van der Waals surface area contributed by atoms with Crippen LogP contribution in [0.3, 0.4) is 0 Å². The molecule has 1 unspecified atom stereocenters. The van der Waals surface area contributed by atoms with Crippen molar-refractivity contribution in [2.45, 2.75) is 65.5 Å². The maximum Gasteiger partial charge on any atom is 0.323 e. The number of rotatable bonds is 17. The van der Waals surface area contributed by atoms with Crippen LogP contribution in [0.15, 0.2) is 97.1 Å². The monoisotopic (exact) mass is 791 g/mol. The smallest absolute Gasteiger partial charge is 0.323 e. The molecule has 0 aliphatic heterocycles. The Balaban J connectivity index is 0.000000305. The third-order valence-electron chi connectivity index (χ3n) is 8.61. The van der Waals surface area contributed by atoms with E-state index in [9.17, 15) is 19.2 Å². The van der Waals surface area contributed by atoms with Crippen molar-refractivity contribution in [2.24, 2.45) is 17.6 Å². The lowest BCUT2D eigenvalue weighted by Crippen LogP contribution is -2.45. The van der Waals surface area contributed by atoms with Crippen molar-refractivity contribution in [3.63, 3.8) is 0 Å². The molecule has 0 radical (unpaired) electrons. The molecule has 55 heavy (non-hydrogen) atoms. The summed E-state index contributed by atoms with van der Waals surface area (Å²) in [4.78, 5) is 46.5. The second kappa shape index (κ2) is 23.1. The van der Waals surface area contributed by atoms with Crippen LogP contribution in [0.1, 0.15) is 51.7 Å². The fourth-order valence-corrected chi connectivity index (χ4v) is 6.28. The number of amides is 2. The first-order valence-electron chi connectivity index (χ1n) is 18.3. The molecule has 4 atom stereocenters. The molecule has 4 rings (SSSR count). The summed E-state index contributed by atoms with van der Waals surface area (Å²) in [6.07, 6.45) is 2.18. The summed E-state index contributed by atoms with van der Waals surface area (Å²) in [5.41, 5.74) is 12.5. The number of hydrogen-bond acceptors (Lipinski definition) is 7. The molecule has 0 bridgehead atoms. The molecule has 0 spiro atoms. The molecule has 10 nitrogen and oxygen atoms in total. The summed E-state index contributed by atoms with van der Waals surface area (Å²) in [5.74, 6) is -2.25. The molecule has 5 N–H and O–H groups in total. The highest BCUT2D eigenvalue weighted by Crippen LogP contribution is 2.25. The normalized spacial score (nSPS) is 12.9. The summed E-state index contributed by atoms with van der Waals surface area (Å²) in [5, 5.41) is 15.2. The molecule has 0 heterocycles. The van der Waals surface area contributed by atoms with E-state index in [2.05, 4.69) is 34.9 Å². The molecule has 2 amide bonds. The van der Waals surface area contributed by atoms with E-state index in [1.807, 2.05) is 86.6 Å². The van der Waals surface area contributed by atoms with E-state index >= 15 is 0 Å². The Morgan fingerprint density at radius 1 is 0.673 bits per heavy atom. The summed E-state index contributed by atoms with van der Waals surface area (Å²) >= 11 is 12.1. The van der Waals surface area contributed by atoms with E-state index in [1.54, 1.807) is 13.8 Å². The van der Waals surface area contributed by atoms with Gasteiger partial charge in [-0.2, -0.15) is 0 Å². The van der Waals surface area contributed by atoms with Crippen LogP contribution in [0.4, 0.5) is 4.79 Å². The molecule has 4 aromatic carbocycles. The average Bonchev–Trinajstić information content (AvgIpc) is 3.15. The maximum absolute atomic E-state index is 12.1. The number of benzene rings is 4. The van der Waals surface area contributed by atoms with E-state index in [4.69, 9.17) is 43.5 Å². The van der Waals surface area contributed by atoms with Gasteiger partial charge in [0.2, 0.25) is 0 Å². The summed E-state index contributed by atoms with van der Waals surface area (Å²) < 4.78 is 10.1. The van der Waals surface area contributed by atoms with E-state index in [0.717, 1.165) is 44.8 Å². The topological polar surface area (TPSA) is 157 Å². The van der Waals surface area contributed by atoms with E-state index in [0.29, 0.717) is 30.9 Å². The van der Waals surface area contributed by atoms with Crippen LogP contribution in [0.2, 0.25) is 10.0 Å². The van der Waals surface area contributed by atoms with E-state index in [1.165, 1.54) is 0 Å². The highest BCUT2D eigenvalue weighted by atomic mass is 35.5. The van der Waals surface area contributed by atoms with Gasteiger partial charge in [0.25, 0.3) is 0 Å². The molecular formula is C43H51Cl2N3O7. The van der Waals surface area contributed by atoms with Crippen molar-refractivity contribution < 1.29 is 33.8 Å². The Morgan fingerprint density at radius 2 is 1.13 bits per heavy atom. The number of esters is 2. The van der Waals surface area contributed by atoms with Crippen molar-refractivity contribution in [2.75, 3.05) is 19.8 Å². The molecule has 294 valence electrons. The zero-order chi connectivity index (χ0) is 40.3. The number of carbonyl (C=O) groups excluding carboxylic acids is 3. The van der Waals surface area contributed by atoms with Crippen molar-refractivity contribution >= 4 is 47.1 Å². The lowest BCUT2D eigenvalue weighted by Gasteiger charge is -2.22. The Hall–Kier alpha value is -4.90. The molecular weight excluding hydrogens is 741 g/mol. The number of urea groups is 1. The van der Waals surface area contributed by atoms with Crippen molar-refractivity contribution in [1.29, 1.82) is 0 Å². The zero-order valence-corrected chi connectivity index (χ0v) is 33.2. The van der Waals surface area contributed by atoms with Crippen LogP contribution in [0.25, 0.3) is 22.3 Å².